The lowest BCUT2D eigenvalue weighted by Gasteiger charge is -2.46. The molecule has 0 aromatic rings. The number of hydrogen-bond donors (Lipinski definition) is 10. The van der Waals surface area contributed by atoms with Crippen LogP contribution in [0.1, 0.15) is 6.42 Å². The van der Waals surface area contributed by atoms with Crippen molar-refractivity contribution < 1.29 is 54.7 Å². The van der Waals surface area contributed by atoms with Crippen LogP contribution in [0.2, 0.25) is 0 Å². The number of nitrogens with two attached hydrogens (primary N) is 3. The van der Waals surface area contributed by atoms with Gasteiger partial charge in [-0.3, -0.25) is 0 Å². The zero-order valence-corrected chi connectivity index (χ0v) is 16.7. The van der Waals surface area contributed by atoms with Gasteiger partial charge >= 0.3 is 0 Å². The Hall–Kier alpha value is -0.560. The van der Waals surface area contributed by atoms with E-state index in [4.69, 9.17) is 36.1 Å². The Morgan fingerprint density at radius 1 is 0.645 bits per heavy atom. The summed E-state index contributed by atoms with van der Waals surface area (Å²) in [6, 6.07) is -2.78. The van der Waals surface area contributed by atoms with Crippen LogP contribution in [-0.2, 0) is 18.9 Å². The largest absolute Gasteiger partial charge is 0.394 e. The SMILES string of the molecule is NC1CC(N)[C@@H](O[C@@H]2O[C@H](CO)C(O)[C@@H]2O)C(O)[C@@H]1O[C@H]1OC(CO)[C@@H](O)C(O)[C@H]1N. The molecule has 0 radical (unpaired) electrons. The van der Waals surface area contributed by atoms with E-state index in [0.717, 1.165) is 0 Å². The van der Waals surface area contributed by atoms with Crippen LogP contribution in [0.25, 0.3) is 0 Å². The van der Waals surface area contributed by atoms with E-state index in [-0.39, 0.29) is 6.42 Å². The van der Waals surface area contributed by atoms with Gasteiger partial charge in [0.2, 0.25) is 0 Å². The van der Waals surface area contributed by atoms with Crippen molar-refractivity contribution in [2.45, 2.75) is 92.1 Å². The molecule has 14 nitrogen and oxygen atoms in total. The summed E-state index contributed by atoms with van der Waals surface area (Å²) >= 11 is 0. The molecular weight excluding hydrogens is 422 g/mol. The molecule has 13 N–H and O–H groups in total. The van der Waals surface area contributed by atoms with Gasteiger partial charge in [-0.25, -0.2) is 0 Å². The number of ether oxygens (including phenoxy) is 4. The zero-order chi connectivity index (χ0) is 23.0. The minimum atomic E-state index is -1.48. The first-order chi connectivity index (χ1) is 14.6. The van der Waals surface area contributed by atoms with E-state index in [2.05, 4.69) is 0 Å². The number of hydrogen-bond acceptors (Lipinski definition) is 14. The van der Waals surface area contributed by atoms with Gasteiger partial charge in [0, 0.05) is 12.1 Å². The number of rotatable bonds is 6. The van der Waals surface area contributed by atoms with E-state index in [1.54, 1.807) is 0 Å². The van der Waals surface area contributed by atoms with Gasteiger partial charge in [0.15, 0.2) is 12.6 Å². The highest BCUT2D eigenvalue weighted by molar-refractivity contribution is 5.01. The summed E-state index contributed by atoms with van der Waals surface area (Å²) in [5.41, 5.74) is 18.0. The molecule has 14 atom stereocenters. The fourth-order valence-electron chi connectivity index (χ4n) is 4.15. The molecule has 3 fully saturated rings. The van der Waals surface area contributed by atoms with Crippen molar-refractivity contribution in [3.8, 4) is 0 Å². The van der Waals surface area contributed by atoms with Gasteiger partial charge in [0.1, 0.15) is 54.9 Å². The smallest absolute Gasteiger partial charge is 0.187 e. The van der Waals surface area contributed by atoms with Crippen LogP contribution < -0.4 is 17.2 Å². The lowest BCUT2D eigenvalue weighted by molar-refractivity contribution is -0.302. The summed E-state index contributed by atoms with van der Waals surface area (Å²) in [6.45, 7) is -1.16. The zero-order valence-electron chi connectivity index (χ0n) is 16.7. The molecule has 2 saturated heterocycles. The average molecular weight is 455 g/mol. The second-order valence-electron chi connectivity index (χ2n) is 8.25. The standard InChI is InChI=1S/C17H33N3O11/c18-4-1-5(19)15(31-17-12(26)10(24)7(3-22)29-17)13(27)14(4)30-16-8(20)11(25)9(23)6(2-21)28-16/h4-17,21-27H,1-3,18-20H2/t4?,5?,6?,7-,8-,9-,10?,11?,12+,13?,14-,15-,16-,17+/m1/s1. The second-order valence-corrected chi connectivity index (χ2v) is 8.25. The van der Waals surface area contributed by atoms with Gasteiger partial charge in [-0.1, -0.05) is 0 Å². The van der Waals surface area contributed by atoms with Crippen molar-refractivity contribution in [2.75, 3.05) is 13.2 Å². The lowest BCUT2D eigenvalue weighted by atomic mass is 9.84. The van der Waals surface area contributed by atoms with E-state index in [1.165, 1.54) is 0 Å². The number of aliphatic hydroxyl groups excluding tert-OH is 7. The first-order valence-electron chi connectivity index (χ1n) is 10.1. The summed E-state index contributed by atoms with van der Waals surface area (Å²) < 4.78 is 22.0. The van der Waals surface area contributed by atoms with Crippen molar-refractivity contribution in [2.24, 2.45) is 17.2 Å². The second kappa shape index (κ2) is 10.1. The fourth-order valence-corrected chi connectivity index (χ4v) is 4.15. The summed E-state index contributed by atoms with van der Waals surface area (Å²) in [6.07, 6.45) is -14.3. The van der Waals surface area contributed by atoms with Crippen LogP contribution in [0.3, 0.4) is 0 Å². The molecule has 2 aliphatic heterocycles. The fraction of sp³-hybridized carbons (Fsp3) is 1.00. The van der Waals surface area contributed by atoms with Crippen LogP contribution in [-0.4, -0.2) is 135 Å². The molecule has 3 aliphatic rings. The third kappa shape index (κ3) is 4.87. The third-order valence-corrected chi connectivity index (χ3v) is 6.07. The maximum Gasteiger partial charge on any atom is 0.187 e. The Balaban J connectivity index is 1.70. The van der Waals surface area contributed by atoms with Crippen LogP contribution in [0.4, 0.5) is 0 Å². The van der Waals surface area contributed by atoms with E-state index in [0.29, 0.717) is 0 Å². The van der Waals surface area contributed by atoms with E-state index in [1.807, 2.05) is 0 Å². The summed E-state index contributed by atoms with van der Waals surface area (Å²) in [4.78, 5) is 0. The molecule has 1 aliphatic carbocycles. The Bertz CT molecular complexity index is 590. The Kier molecular flexibility index (Phi) is 8.21. The molecule has 0 aromatic heterocycles. The maximum absolute atomic E-state index is 10.8. The quantitative estimate of drug-likeness (QED) is 0.179. The highest BCUT2D eigenvalue weighted by Gasteiger charge is 2.51. The maximum atomic E-state index is 10.8. The van der Waals surface area contributed by atoms with Gasteiger partial charge in [0.05, 0.1) is 19.3 Å². The highest BCUT2D eigenvalue weighted by Crippen LogP contribution is 2.31. The Morgan fingerprint density at radius 3 is 1.61 bits per heavy atom. The monoisotopic (exact) mass is 455 g/mol. The van der Waals surface area contributed by atoms with Crippen molar-refractivity contribution in [3.63, 3.8) is 0 Å². The first-order valence-corrected chi connectivity index (χ1v) is 10.1. The molecule has 0 spiro atoms. The van der Waals surface area contributed by atoms with Crippen LogP contribution in [0.15, 0.2) is 0 Å². The molecule has 14 heteroatoms. The minimum Gasteiger partial charge on any atom is -0.394 e. The molecule has 3 rings (SSSR count). The number of aliphatic hydroxyl groups is 7. The Morgan fingerprint density at radius 2 is 1.10 bits per heavy atom. The molecule has 31 heavy (non-hydrogen) atoms. The van der Waals surface area contributed by atoms with Gasteiger partial charge in [-0.15, -0.1) is 0 Å². The minimum absolute atomic E-state index is 0.123. The van der Waals surface area contributed by atoms with Crippen LogP contribution in [0, 0.1) is 0 Å². The van der Waals surface area contributed by atoms with E-state index < -0.39 is 98.9 Å². The summed E-state index contributed by atoms with van der Waals surface area (Å²) in [5, 5.41) is 69.3. The van der Waals surface area contributed by atoms with Crippen LogP contribution >= 0.6 is 0 Å². The van der Waals surface area contributed by atoms with Crippen molar-refractivity contribution in [1.29, 1.82) is 0 Å². The predicted molar refractivity (Wildman–Crippen MR) is 99.8 cm³/mol. The molecule has 0 bridgehead atoms. The normalized spacial score (nSPS) is 53.6. The molecular formula is C17H33N3O11. The van der Waals surface area contributed by atoms with Crippen molar-refractivity contribution in [1.82, 2.24) is 0 Å². The predicted octanol–water partition coefficient (Wildman–Crippen LogP) is -6.62. The highest BCUT2D eigenvalue weighted by atomic mass is 16.7. The van der Waals surface area contributed by atoms with Crippen molar-refractivity contribution in [3.05, 3.63) is 0 Å². The van der Waals surface area contributed by atoms with E-state index >= 15 is 0 Å². The van der Waals surface area contributed by atoms with Crippen molar-refractivity contribution >= 4 is 0 Å². The first kappa shape index (κ1) is 25.1. The lowest BCUT2D eigenvalue weighted by Crippen LogP contribution is -2.67. The topological polar surface area (TPSA) is 257 Å². The molecule has 2 heterocycles. The summed E-state index contributed by atoms with van der Waals surface area (Å²) in [5.74, 6) is 0. The van der Waals surface area contributed by atoms with Gasteiger partial charge in [0.25, 0.3) is 0 Å². The van der Waals surface area contributed by atoms with Crippen LogP contribution in [0.5, 0.6) is 0 Å². The molecule has 0 aromatic carbocycles. The average Bonchev–Trinajstić information content (AvgIpc) is 3.01. The summed E-state index contributed by atoms with van der Waals surface area (Å²) in [7, 11) is 0. The van der Waals surface area contributed by atoms with Gasteiger partial charge in [-0.2, -0.15) is 0 Å². The van der Waals surface area contributed by atoms with Gasteiger partial charge in [-0.05, 0) is 6.42 Å². The molecule has 6 unspecified atom stereocenters. The van der Waals surface area contributed by atoms with E-state index in [9.17, 15) is 35.7 Å². The molecule has 182 valence electrons. The Labute approximate surface area is 178 Å². The molecule has 1 saturated carbocycles. The van der Waals surface area contributed by atoms with Gasteiger partial charge < -0.3 is 71.9 Å². The molecule has 0 amide bonds. The third-order valence-electron chi connectivity index (χ3n) is 6.07.